The van der Waals surface area contributed by atoms with Gasteiger partial charge in [-0.1, -0.05) is 58.8 Å². The van der Waals surface area contributed by atoms with Crippen molar-refractivity contribution < 1.29 is 4.74 Å². The van der Waals surface area contributed by atoms with Crippen molar-refractivity contribution in [1.82, 2.24) is 9.55 Å². The van der Waals surface area contributed by atoms with Crippen LogP contribution in [0, 0.1) is 0 Å². The minimum atomic E-state index is 0.349. The number of ether oxygens (including phenoxy) is 1. The average Bonchev–Trinajstić information content (AvgIpc) is 2.95. The summed E-state index contributed by atoms with van der Waals surface area (Å²) < 4.78 is 8.17. The predicted molar refractivity (Wildman–Crippen MR) is 84.9 cm³/mol. The molecule has 0 radical (unpaired) electrons. The quantitative estimate of drug-likeness (QED) is 0.484. The molecule has 0 saturated carbocycles. The molecule has 20 heavy (non-hydrogen) atoms. The molecule has 1 atom stereocenters. The highest BCUT2D eigenvalue weighted by atomic mass is 16.5. The molecule has 116 valence electrons. The van der Waals surface area contributed by atoms with Crippen molar-refractivity contribution in [3.05, 3.63) is 18.7 Å². The first kappa shape index (κ1) is 17.2. The SMILES string of the molecule is CCCCCCCCC(Cn1ccnc1)OCCCC. The van der Waals surface area contributed by atoms with Crippen LogP contribution in [0.4, 0.5) is 0 Å². The summed E-state index contributed by atoms with van der Waals surface area (Å²) in [6.45, 7) is 6.31. The zero-order valence-corrected chi connectivity index (χ0v) is 13.4. The van der Waals surface area contributed by atoms with Crippen LogP contribution in [0.25, 0.3) is 0 Å². The summed E-state index contributed by atoms with van der Waals surface area (Å²) in [6.07, 6.45) is 17.7. The first-order valence-electron chi connectivity index (χ1n) is 8.44. The maximum atomic E-state index is 6.03. The van der Waals surface area contributed by atoms with E-state index in [2.05, 4.69) is 23.4 Å². The highest BCUT2D eigenvalue weighted by Crippen LogP contribution is 2.12. The van der Waals surface area contributed by atoms with Crippen LogP contribution in [0.15, 0.2) is 18.7 Å². The van der Waals surface area contributed by atoms with Gasteiger partial charge < -0.3 is 9.30 Å². The Morgan fingerprint density at radius 3 is 2.45 bits per heavy atom. The first-order chi connectivity index (χ1) is 9.86. The van der Waals surface area contributed by atoms with Crippen LogP contribution < -0.4 is 0 Å². The molecule has 1 heterocycles. The predicted octanol–water partition coefficient (Wildman–Crippen LogP) is 4.82. The second kappa shape index (κ2) is 12.0. The van der Waals surface area contributed by atoms with Gasteiger partial charge in [0.25, 0.3) is 0 Å². The Bertz CT molecular complexity index is 298. The van der Waals surface area contributed by atoms with Crippen molar-refractivity contribution >= 4 is 0 Å². The molecule has 0 N–H and O–H groups in total. The Morgan fingerprint density at radius 1 is 1.00 bits per heavy atom. The van der Waals surface area contributed by atoms with Crippen molar-refractivity contribution in [2.75, 3.05) is 6.61 Å². The maximum absolute atomic E-state index is 6.03. The van der Waals surface area contributed by atoms with E-state index in [-0.39, 0.29) is 0 Å². The highest BCUT2D eigenvalue weighted by molar-refractivity contribution is 4.76. The number of hydrogen-bond acceptors (Lipinski definition) is 2. The third kappa shape index (κ3) is 8.36. The summed E-state index contributed by atoms with van der Waals surface area (Å²) in [7, 11) is 0. The number of unbranched alkanes of at least 4 members (excludes halogenated alkanes) is 6. The Hall–Kier alpha value is -0.830. The second-order valence-electron chi connectivity index (χ2n) is 5.66. The first-order valence-corrected chi connectivity index (χ1v) is 8.44. The van der Waals surface area contributed by atoms with Crippen molar-refractivity contribution in [3.8, 4) is 0 Å². The van der Waals surface area contributed by atoms with Gasteiger partial charge >= 0.3 is 0 Å². The molecule has 0 aliphatic carbocycles. The third-order valence-corrected chi connectivity index (χ3v) is 3.70. The van der Waals surface area contributed by atoms with Gasteiger partial charge in [-0.15, -0.1) is 0 Å². The highest BCUT2D eigenvalue weighted by Gasteiger charge is 2.09. The maximum Gasteiger partial charge on any atom is 0.0946 e. The lowest BCUT2D eigenvalue weighted by Gasteiger charge is -2.18. The van der Waals surface area contributed by atoms with Crippen molar-refractivity contribution in [3.63, 3.8) is 0 Å². The third-order valence-electron chi connectivity index (χ3n) is 3.70. The average molecular weight is 280 g/mol. The molecule has 0 aromatic carbocycles. The largest absolute Gasteiger partial charge is 0.376 e. The van der Waals surface area contributed by atoms with Gasteiger partial charge in [0, 0.05) is 25.5 Å². The molecule has 0 aliphatic rings. The number of imidazole rings is 1. The summed E-state index contributed by atoms with van der Waals surface area (Å²) in [5.41, 5.74) is 0. The zero-order chi connectivity index (χ0) is 14.5. The molecule has 0 fully saturated rings. The molecule has 0 bridgehead atoms. The van der Waals surface area contributed by atoms with Gasteiger partial charge in [0.1, 0.15) is 0 Å². The normalized spacial score (nSPS) is 12.7. The Balaban J connectivity index is 2.19. The number of aromatic nitrogens is 2. The zero-order valence-electron chi connectivity index (χ0n) is 13.4. The minimum Gasteiger partial charge on any atom is -0.376 e. The fourth-order valence-corrected chi connectivity index (χ4v) is 2.40. The fourth-order valence-electron chi connectivity index (χ4n) is 2.40. The number of rotatable bonds is 13. The molecule has 0 spiro atoms. The van der Waals surface area contributed by atoms with E-state index >= 15 is 0 Å². The van der Waals surface area contributed by atoms with Crippen LogP contribution in [0.3, 0.4) is 0 Å². The lowest BCUT2D eigenvalue weighted by molar-refractivity contribution is 0.0323. The van der Waals surface area contributed by atoms with Gasteiger partial charge in [0.2, 0.25) is 0 Å². The van der Waals surface area contributed by atoms with Crippen molar-refractivity contribution in [2.45, 2.75) is 84.3 Å². The summed E-state index contributed by atoms with van der Waals surface area (Å²) >= 11 is 0. The van der Waals surface area contributed by atoms with E-state index in [1.165, 1.54) is 51.4 Å². The van der Waals surface area contributed by atoms with E-state index in [1.54, 1.807) is 0 Å². The van der Waals surface area contributed by atoms with Crippen LogP contribution in [0.5, 0.6) is 0 Å². The van der Waals surface area contributed by atoms with Crippen molar-refractivity contribution in [2.24, 2.45) is 0 Å². The van der Waals surface area contributed by atoms with Crippen LogP contribution in [-0.4, -0.2) is 22.3 Å². The van der Waals surface area contributed by atoms with Crippen molar-refractivity contribution in [1.29, 1.82) is 0 Å². The van der Waals surface area contributed by atoms with E-state index in [0.717, 1.165) is 19.6 Å². The molecule has 0 saturated heterocycles. The Kier molecular flexibility index (Phi) is 10.3. The summed E-state index contributed by atoms with van der Waals surface area (Å²) in [5.74, 6) is 0. The number of nitrogens with zero attached hydrogens (tertiary/aromatic N) is 2. The molecule has 1 rings (SSSR count). The monoisotopic (exact) mass is 280 g/mol. The van der Waals surface area contributed by atoms with E-state index in [0.29, 0.717) is 6.10 Å². The van der Waals surface area contributed by atoms with Crippen LogP contribution in [0.2, 0.25) is 0 Å². The van der Waals surface area contributed by atoms with Gasteiger partial charge in [0.15, 0.2) is 0 Å². The molecule has 3 heteroatoms. The standard InChI is InChI=1S/C17H32N2O/c1-3-5-7-8-9-10-11-17(20-14-6-4-2)15-19-13-12-18-16-19/h12-13,16-17H,3-11,14-15H2,1-2H3. The number of hydrogen-bond donors (Lipinski definition) is 0. The van der Waals surface area contributed by atoms with Crippen LogP contribution in [-0.2, 0) is 11.3 Å². The van der Waals surface area contributed by atoms with E-state index in [4.69, 9.17) is 4.74 Å². The van der Waals surface area contributed by atoms with Gasteiger partial charge in [-0.25, -0.2) is 4.98 Å². The van der Waals surface area contributed by atoms with Gasteiger partial charge in [-0.2, -0.15) is 0 Å². The topological polar surface area (TPSA) is 27.1 Å². The minimum absolute atomic E-state index is 0.349. The molecule has 1 unspecified atom stereocenters. The van der Waals surface area contributed by atoms with Gasteiger partial charge in [-0.3, -0.25) is 0 Å². The summed E-state index contributed by atoms with van der Waals surface area (Å²) in [5, 5.41) is 0. The van der Waals surface area contributed by atoms with Crippen LogP contribution in [0.1, 0.15) is 71.6 Å². The molecule has 0 amide bonds. The van der Waals surface area contributed by atoms with E-state index < -0.39 is 0 Å². The molecule has 1 aromatic rings. The lowest BCUT2D eigenvalue weighted by Crippen LogP contribution is -2.20. The molecule has 1 aromatic heterocycles. The van der Waals surface area contributed by atoms with E-state index in [1.807, 2.05) is 18.7 Å². The molecule has 3 nitrogen and oxygen atoms in total. The van der Waals surface area contributed by atoms with Gasteiger partial charge in [0.05, 0.1) is 12.4 Å². The van der Waals surface area contributed by atoms with Gasteiger partial charge in [-0.05, 0) is 12.8 Å². The second-order valence-corrected chi connectivity index (χ2v) is 5.66. The summed E-state index contributed by atoms with van der Waals surface area (Å²) in [4.78, 5) is 4.11. The molecule has 0 aliphatic heterocycles. The van der Waals surface area contributed by atoms with E-state index in [9.17, 15) is 0 Å². The lowest BCUT2D eigenvalue weighted by atomic mass is 10.1. The van der Waals surface area contributed by atoms with Crippen LogP contribution >= 0.6 is 0 Å². The smallest absolute Gasteiger partial charge is 0.0946 e. The Labute approximate surface area is 124 Å². The fraction of sp³-hybridized carbons (Fsp3) is 0.824. The summed E-state index contributed by atoms with van der Waals surface area (Å²) in [6, 6.07) is 0. The molecular weight excluding hydrogens is 248 g/mol. The molecular formula is C17H32N2O. The Morgan fingerprint density at radius 2 is 1.75 bits per heavy atom.